The molecular formula is C14H16O5. The average Bonchev–Trinajstić information content (AvgIpc) is 2.36. The molecule has 5 heteroatoms. The smallest absolute Gasteiger partial charge is 0.352 e. The Morgan fingerprint density at radius 2 is 1.79 bits per heavy atom. The minimum absolute atomic E-state index is 0.187. The van der Waals surface area contributed by atoms with E-state index < -0.39 is 18.0 Å². The van der Waals surface area contributed by atoms with Gasteiger partial charge in [0.15, 0.2) is 0 Å². The molecule has 1 atom stereocenters. The maximum atomic E-state index is 11.8. The Balaban J connectivity index is 2.84. The summed E-state index contributed by atoms with van der Waals surface area (Å²) >= 11 is 0. The molecule has 0 N–H and O–H groups in total. The highest BCUT2D eigenvalue weighted by molar-refractivity contribution is 5.95. The summed E-state index contributed by atoms with van der Waals surface area (Å²) in [5.41, 5.74) is 0.512. The van der Waals surface area contributed by atoms with E-state index in [1.807, 2.05) is 0 Å². The Hall–Kier alpha value is -2.17. The number of carbonyl (C=O) groups is 3. The van der Waals surface area contributed by atoms with Crippen LogP contribution in [-0.4, -0.2) is 24.3 Å². The second-order valence-corrected chi connectivity index (χ2v) is 3.91. The quantitative estimate of drug-likeness (QED) is 0.579. The molecule has 0 heterocycles. The van der Waals surface area contributed by atoms with Crippen LogP contribution in [0.15, 0.2) is 30.3 Å². The third-order valence-corrected chi connectivity index (χ3v) is 2.25. The Morgan fingerprint density at radius 1 is 1.16 bits per heavy atom. The zero-order valence-corrected chi connectivity index (χ0v) is 10.9. The maximum Gasteiger partial charge on any atom is 0.352 e. The minimum Gasteiger partial charge on any atom is -0.463 e. The van der Waals surface area contributed by atoms with Crippen LogP contribution >= 0.6 is 0 Å². The Kier molecular flexibility index (Phi) is 5.73. The van der Waals surface area contributed by atoms with Gasteiger partial charge in [-0.2, -0.15) is 0 Å². The average molecular weight is 264 g/mol. The fourth-order valence-electron chi connectivity index (χ4n) is 1.47. The van der Waals surface area contributed by atoms with E-state index in [9.17, 15) is 14.4 Å². The molecule has 19 heavy (non-hydrogen) atoms. The lowest BCUT2D eigenvalue weighted by Crippen LogP contribution is -2.23. The van der Waals surface area contributed by atoms with Crippen LogP contribution in [-0.2, 0) is 23.9 Å². The summed E-state index contributed by atoms with van der Waals surface area (Å²) in [4.78, 5) is 34.1. The van der Waals surface area contributed by atoms with E-state index in [2.05, 4.69) is 0 Å². The van der Waals surface area contributed by atoms with Gasteiger partial charge >= 0.3 is 11.9 Å². The molecule has 0 amide bonds. The van der Waals surface area contributed by atoms with Crippen molar-refractivity contribution in [3.8, 4) is 0 Å². The van der Waals surface area contributed by atoms with Crippen LogP contribution in [0.2, 0.25) is 0 Å². The summed E-state index contributed by atoms with van der Waals surface area (Å²) in [6.45, 7) is 3.13. The zero-order chi connectivity index (χ0) is 14.3. The predicted molar refractivity (Wildman–Crippen MR) is 67.2 cm³/mol. The van der Waals surface area contributed by atoms with Gasteiger partial charge in [0.05, 0.1) is 6.61 Å². The van der Waals surface area contributed by atoms with E-state index in [-0.39, 0.29) is 18.8 Å². The molecule has 0 aliphatic carbocycles. The fraction of sp³-hybridized carbons (Fsp3) is 0.357. The van der Waals surface area contributed by atoms with E-state index in [4.69, 9.17) is 9.47 Å². The first-order valence-electron chi connectivity index (χ1n) is 5.95. The van der Waals surface area contributed by atoms with E-state index in [1.54, 1.807) is 37.3 Å². The molecule has 0 radical (unpaired) electrons. The number of Topliss-reactive ketones (excluding diaryl/α,β-unsaturated/α-hetero) is 1. The number of esters is 2. The van der Waals surface area contributed by atoms with E-state index in [1.165, 1.54) is 6.92 Å². The third-order valence-electron chi connectivity index (χ3n) is 2.25. The first-order valence-corrected chi connectivity index (χ1v) is 5.95. The van der Waals surface area contributed by atoms with Gasteiger partial charge in [-0.3, -0.25) is 9.59 Å². The highest BCUT2D eigenvalue weighted by atomic mass is 16.6. The lowest BCUT2D eigenvalue weighted by atomic mass is 10.1. The van der Waals surface area contributed by atoms with Crippen LogP contribution in [0.1, 0.15) is 31.9 Å². The highest BCUT2D eigenvalue weighted by Crippen LogP contribution is 2.19. The van der Waals surface area contributed by atoms with Gasteiger partial charge in [0.2, 0.25) is 6.10 Å². The molecule has 0 saturated heterocycles. The van der Waals surface area contributed by atoms with Crippen molar-refractivity contribution in [2.24, 2.45) is 0 Å². The van der Waals surface area contributed by atoms with Crippen LogP contribution in [0.25, 0.3) is 0 Å². The Labute approximate surface area is 111 Å². The molecule has 0 aromatic heterocycles. The monoisotopic (exact) mass is 264 g/mol. The molecule has 0 fully saturated rings. The molecule has 0 aliphatic rings. The fourth-order valence-corrected chi connectivity index (χ4v) is 1.47. The van der Waals surface area contributed by atoms with Gasteiger partial charge in [-0.15, -0.1) is 0 Å². The largest absolute Gasteiger partial charge is 0.463 e. The van der Waals surface area contributed by atoms with Crippen LogP contribution < -0.4 is 0 Å². The Morgan fingerprint density at radius 3 is 2.32 bits per heavy atom. The van der Waals surface area contributed by atoms with Gasteiger partial charge in [-0.1, -0.05) is 30.3 Å². The summed E-state index contributed by atoms with van der Waals surface area (Å²) in [5.74, 6) is -1.71. The molecule has 1 aromatic carbocycles. The number of rotatable bonds is 6. The number of ketones is 1. The summed E-state index contributed by atoms with van der Waals surface area (Å²) in [5, 5.41) is 0. The molecule has 1 aromatic rings. The van der Waals surface area contributed by atoms with Gasteiger partial charge in [-0.25, -0.2) is 4.79 Å². The number of hydrogen-bond acceptors (Lipinski definition) is 5. The molecule has 5 nitrogen and oxygen atoms in total. The first kappa shape index (κ1) is 14.9. The predicted octanol–water partition coefficient (Wildman–Crippen LogP) is 1.81. The van der Waals surface area contributed by atoms with Gasteiger partial charge < -0.3 is 9.47 Å². The molecule has 0 aliphatic heterocycles. The number of carbonyl (C=O) groups excluding carboxylic acids is 3. The molecule has 0 saturated carbocycles. The van der Waals surface area contributed by atoms with Crippen molar-refractivity contribution >= 4 is 17.7 Å². The van der Waals surface area contributed by atoms with Crippen LogP contribution in [0.3, 0.4) is 0 Å². The first-order chi connectivity index (χ1) is 9.04. The molecular weight excluding hydrogens is 248 g/mol. The normalized spacial score (nSPS) is 11.5. The van der Waals surface area contributed by atoms with E-state index >= 15 is 0 Å². The van der Waals surface area contributed by atoms with Gasteiger partial charge in [0.25, 0.3) is 0 Å². The molecule has 0 spiro atoms. The maximum absolute atomic E-state index is 11.8. The standard InChI is InChI=1S/C14H16O5/c1-3-18-14(17)13(11-7-5-4-6-8-11)19-12(16)9-10(2)15/h4-8,13H,3,9H2,1-2H3/t13-/m0/s1. The van der Waals surface area contributed by atoms with Crippen molar-refractivity contribution < 1.29 is 23.9 Å². The van der Waals surface area contributed by atoms with Gasteiger partial charge in [0.1, 0.15) is 12.2 Å². The van der Waals surface area contributed by atoms with Gasteiger partial charge in [-0.05, 0) is 13.8 Å². The topological polar surface area (TPSA) is 69.7 Å². The van der Waals surface area contributed by atoms with E-state index in [0.29, 0.717) is 5.56 Å². The van der Waals surface area contributed by atoms with Crippen molar-refractivity contribution in [3.05, 3.63) is 35.9 Å². The number of benzene rings is 1. The summed E-state index contributed by atoms with van der Waals surface area (Å²) < 4.78 is 9.89. The summed E-state index contributed by atoms with van der Waals surface area (Å²) in [7, 11) is 0. The van der Waals surface area contributed by atoms with Crippen molar-refractivity contribution in [1.29, 1.82) is 0 Å². The minimum atomic E-state index is -1.13. The molecule has 1 rings (SSSR count). The molecule has 0 unspecified atom stereocenters. The highest BCUT2D eigenvalue weighted by Gasteiger charge is 2.26. The van der Waals surface area contributed by atoms with Crippen LogP contribution in [0, 0.1) is 0 Å². The number of hydrogen-bond donors (Lipinski definition) is 0. The number of ether oxygens (including phenoxy) is 2. The second-order valence-electron chi connectivity index (χ2n) is 3.91. The van der Waals surface area contributed by atoms with Gasteiger partial charge in [0, 0.05) is 5.56 Å². The molecule has 0 bridgehead atoms. The second kappa shape index (κ2) is 7.31. The van der Waals surface area contributed by atoms with Crippen molar-refractivity contribution in [2.45, 2.75) is 26.4 Å². The van der Waals surface area contributed by atoms with Crippen molar-refractivity contribution in [1.82, 2.24) is 0 Å². The third kappa shape index (κ3) is 4.91. The lowest BCUT2D eigenvalue weighted by Gasteiger charge is -2.16. The van der Waals surface area contributed by atoms with Crippen LogP contribution in [0.4, 0.5) is 0 Å². The summed E-state index contributed by atoms with van der Waals surface area (Å²) in [6.07, 6.45) is -1.49. The summed E-state index contributed by atoms with van der Waals surface area (Å²) in [6, 6.07) is 8.54. The van der Waals surface area contributed by atoms with Crippen molar-refractivity contribution in [3.63, 3.8) is 0 Å². The van der Waals surface area contributed by atoms with E-state index in [0.717, 1.165) is 0 Å². The SMILES string of the molecule is CCOC(=O)[C@@H](OC(=O)CC(C)=O)c1ccccc1. The van der Waals surface area contributed by atoms with Crippen LogP contribution in [0.5, 0.6) is 0 Å². The van der Waals surface area contributed by atoms with Crippen molar-refractivity contribution in [2.75, 3.05) is 6.61 Å². The zero-order valence-electron chi connectivity index (χ0n) is 10.9. The molecule has 102 valence electrons. The Bertz CT molecular complexity index is 452. The lowest BCUT2D eigenvalue weighted by molar-refractivity contribution is -0.168.